The molecular weight excluding hydrogens is 392 g/mol. The number of aliphatic imine (C=N–C) groups is 1. The zero-order valence-electron chi connectivity index (χ0n) is 17.8. The Labute approximate surface area is 182 Å². The van der Waals surface area contributed by atoms with Gasteiger partial charge in [-0.15, -0.1) is 0 Å². The van der Waals surface area contributed by atoms with Crippen molar-refractivity contribution in [2.75, 3.05) is 32.8 Å². The highest BCUT2D eigenvalue weighted by Gasteiger charge is 2.42. The molecule has 0 bridgehead atoms. The lowest BCUT2D eigenvalue weighted by Gasteiger charge is -2.37. The van der Waals surface area contributed by atoms with E-state index in [1.54, 1.807) is 6.92 Å². The Balaban J connectivity index is 1.49. The number of esters is 1. The quantitative estimate of drug-likeness (QED) is 0.553. The average Bonchev–Trinajstić information content (AvgIpc) is 2.80. The number of carbonyl (C=O) groups excluding carboxylic acids is 2. The van der Waals surface area contributed by atoms with Gasteiger partial charge in [0.05, 0.1) is 32.8 Å². The van der Waals surface area contributed by atoms with Gasteiger partial charge in [-0.25, -0.2) is 4.99 Å². The summed E-state index contributed by atoms with van der Waals surface area (Å²) in [6.07, 6.45) is 0. The summed E-state index contributed by atoms with van der Waals surface area (Å²) in [6, 6.07) is 19.4. The standard InChI is InChI=1S/C24H28N4O3/c1-2-31-23(30)20-21(19-11-7-4-8-12-19)25-24(26-22(20)29)28-15-13-27(14-16-28)17-18-9-5-3-6-10-18/h3-12,20-21H,2,13-17H2,1H3,(H,25,26,29)/p+1/t20-,21-/m1/s1. The highest BCUT2D eigenvalue weighted by molar-refractivity contribution is 6.08. The minimum absolute atomic E-state index is 0.229. The number of hydrogen-bond acceptors (Lipinski definition) is 5. The van der Waals surface area contributed by atoms with Crippen molar-refractivity contribution in [1.29, 1.82) is 0 Å². The van der Waals surface area contributed by atoms with Crippen molar-refractivity contribution in [2.24, 2.45) is 10.9 Å². The normalized spacial score (nSPS) is 21.9. The molecule has 0 spiro atoms. The topological polar surface area (TPSA) is 75.4 Å². The molecule has 0 aliphatic carbocycles. The number of quaternary nitrogens is 1. The molecule has 0 aromatic heterocycles. The Bertz CT molecular complexity index is 924. The predicted molar refractivity (Wildman–Crippen MR) is 117 cm³/mol. The number of hydrogen-bond donors (Lipinski definition) is 2. The van der Waals surface area contributed by atoms with E-state index in [1.807, 2.05) is 36.4 Å². The molecule has 1 amide bonds. The summed E-state index contributed by atoms with van der Waals surface area (Å²) >= 11 is 0. The Kier molecular flexibility index (Phi) is 6.62. The van der Waals surface area contributed by atoms with Crippen molar-refractivity contribution in [1.82, 2.24) is 10.2 Å². The van der Waals surface area contributed by atoms with Crippen LogP contribution in [0.4, 0.5) is 0 Å². The smallest absolute Gasteiger partial charge is 0.321 e. The van der Waals surface area contributed by atoms with Crippen LogP contribution in [-0.4, -0.2) is 55.5 Å². The van der Waals surface area contributed by atoms with Gasteiger partial charge in [-0.05, 0) is 12.5 Å². The molecule has 2 aromatic rings. The number of piperazine rings is 1. The van der Waals surface area contributed by atoms with Crippen LogP contribution in [0.15, 0.2) is 65.7 Å². The van der Waals surface area contributed by atoms with Crippen LogP contribution >= 0.6 is 0 Å². The van der Waals surface area contributed by atoms with Crippen LogP contribution in [0.25, 0.3) is 0 Å². The molecular formula is C24H29N4O3+. The first-order chi connectivity index (χ1) is 15.2. The number of nitrogens with one attached hydrogen (secondary N) is 2. The van der Waals surface area contributed by atoms with Gasteiger partial charge in [-0.2, -0.15) is 0 Å². The van der Waals surface area contributed by atoms with Crippen LogP contribution in [0.2, 0.25) is 0 Å². The second-order valence-electron chi connectivity index (χ2n) is 7.93. The van der Waals surface area contributed by atoms with Crippen LogP contribution in [-0.2, 0) is 20.9 Å². The third-order valence-corrected chi connectivity index (χ3v) is 5.84. The molecule has 7 heteroatoms. The fraction of sp³-hybridized carbons (Fsp3) is 0.375. The second-order valence-corrected chi connectivity index (χ2v) is 7.93. The lowest BCUT2D eigenvalue weighted by Crippen LogP contribution is -3.13. The highest BCUT2D eigenvalue weighted by Crippen LogP contribution is 2.30. The van der Waals surface area contributed by atoms with Gasteiger partial charge in [0.1, 0.15) is 12.6 Å². The van der Waals surface area contributed by atoms with Gasteiger partial charge in [-0.3, -0.25) is 14.9 Å². The Morgan fingerprint density at radius 3 is 2.39 bits per heavy atom. The van der Waals surface area contributed by atoms with Crippen LogP contribution in [0.1, 0.15) is 24.1 Å². The molecule has 0 radical (unpaired) electrons. The van der Waals surface area contributed by atoms with Gasteiger partial charge in [0.2, 0.25) is 11.9 Å². The van der Waals surface area contributed by atoms with Crippen molar-refractivity contribution in [3.63, 3.8) is 0 Å². The maximum atomic E-state index is 12.9. The summed E-state index contributed by atoms with van der Waals surface area (Å²) < 4.78 is 5.17. The molecule has 2 N–H and O–H groups in total. The van der Waals surface area contributed by atoms with Crippen LogP contribution < -0.4 is 10.2 Å². The van der Waals surface area contributed by atoms with Gasteiger partial charge in [0.25, 0.3) is 0 Å². The Morgan fingerprint density at radius 1 is 1.10 bits per heavy atom. The van der Waals surface area contributed by atoms with Crippen molar-refractivity contribution in [3.05, 3.63) is 71.8 Å². The lowest BCUT2D eigenvalue weighted by molar-refractivity contribution is -0.917. The first kappa shape index (κ1) is 21.1. The van der Waals surface area contributed by atoms with E-state index in [0.29, 0.717) is 5.96 Å². The number of nitrogens with zero attached hydrogens (tertiary/aromatic N) is 2. The van der Waals surface area contributed by atoms with E-state index >= 15 is 0 Å². The summed E-state index contributed by atoms with van der Waals surface area (Å²) in [5.74, 6) is -1.31. The van der Waals surface area contributed by atoms with Crippen LogP contribution in [0, 0.1) is 5.92 Å². The number of carbonyl (C=O) groups is 2. The summed E-state index contributed by atoms with van der Waals surface area (Å²) in [5.41, 5.74) is 2.16. The molecule has 2 aliphatic heterocycles. The van der Waals surface area contributed by atoms with Crippen molar-refractivity contribution in [3.8, 4) is 0 Å². The van der Waals surface area contributed by atoms with E-state index in [9.17, 15) is 9.59 Å². The van der Waals surface area contributed by atoms with Crippen LogP contribution in [0.3, 0.4) is 0 Å². The molecule has 2 aliphatic rings. The maximum Gasteiger partial charge on any atom is 0.321 e. The molecule has 1 fully saturated rings. The number of benzene rings is 2. The highest BCUT2D eigenvalue weighted by atomic mass is 16.5. The summed E-state index contributed by atoms with van der Waals surface area (Å²) in [4.78, 5) is 33.9. The lowest BCUT2D eigenvalue weighted by atomic mass is 9.91. The summed E-state index contributed by atoms with van der Waals surface area (Å²) in [6.45, 7) is 6.47. The number of ether oxygens (including phenoxy) is 1. The van der Waals surface area contributed by atoms with Gasteiger partial charge in [0.15, 0.2) is 5.92 Å². The van der Waals surface area contributed by atoms with Crippen molar-refractivity contribution >= 4 is 17.8 Å². The van der Waals surface area contributed by atoms with E-state index < -0.39 is 17.9 Å². The number of amides is 1. The molecule has 2 heterocycles. The first-order valence-corrected chi connectivity index (χ1v) is 10.9. The van der Waals surface area contributed by atoms with Crippen LogP contribution in [0.5, 0.6) is 0 Å². The minimum atomic E-state index is -0.976. The van der Waals surface area contributed by atoms with Crippen molar-refractivity contribution in [2.45, 2.75) is 19.5 Å². The molecule has 0 unspecified atom stereocenters. The van der Waals surface area contributed by atoms with E-state index in [0.717, 1.165) is 38.3 Å². The SMILES string of the molecule is CCOC(=O)[C@H]1C(=O)NC(N2CC[NH+](Cc3ccccc3)CC2)=N[C@@H]1c1ccccc1. The molecule has 7 nitrogen and oxygen atoms in total. The van der Waals surface area contributed by atoms with E-state index in [4.69, 9.17) is 9.73 Å². The van der Waals surface area contributed by atoms with Gasteiger partial charge in [-0.1, -0.05) is 60.7 Å². The fourth-order valence-electron chi connectivity index (χ4n) is 4.21. The largest absolute Gasteiger partial charge is 0.465 e. The molecule has 31 heavy (non-hydrogen) atoms. The number of guanidine groups is 1. The van der Waals surface area contributed by atoms with E-state index in [2.05, 4.69) is 34.5 Å². The first-order valence-electron chi connectivity index (χ1n) is 10.9. The zero-order valence-corrected chi connectivity index (χ0v) is 17.8. The Hall–Kier alpha value is -3.19. The van der Waals surface area contributed by atoms with E-state index in [1.165, 1.54) is 10.5 Å². The minimum Gasteiger partial charge on any atom is -0.465 e. The molecule has 4 rings (SSSR count). The van der Waals surface area contributed by atoms with Gasteiger partial charge >= 0.3 is 5.97 Å². The predicted octanol–water partition coefficient (Wildman–Crippen LogP) is 0.794. The summed E-state index contributed by atoms with van der Waals surface area (Å²) in [7, 11) is 0. The van der Waals surface area contributed by atoms with Gasteiger partial charge in [0, 0.05) is 5.56 Å². The second kappa shape index (κ2) is 9.75. The fourth-order valence-corrected chi connectivity index (χ4v) is 4.21. The van der Waals surface area contributed by atoms with Gasteiger partial charge < -0.3 is 14.5 Å². The molecule has 2 aromatic carbocycles. The summed E-state index contributed by atoms with van der Waals surface area (Å²) in [5, 5.41) is 2.87. The maximum absolute atomic E-state index is 12.9. The number of rotatable bonds is 5. The third kappa shape index (κ3) is 4.94. The molecule has 162 valence electrons. The molecule has 2 atom stereocenters. The third-order valence-electron chi connectivity index (χ3n) is 5.84. The monoisotopic (exact) mass is 421 g/mol. The average molecular weight is 422 g/mol. The van der Waals surface area contributed by atoms with E-state index in [-0.39, 0.29) is 12.5 Å². The van der Waals surface area contributed by atoms with Crippen molar-refractivity contribution < 1.29 is 19.2 Å². The molecule has 0 saturated carbocycles. The molecule has 1 saturated heterocycles. The Morgan fingerprint density at radius 2 is 1.74 bits per heavy atom. The zero-order chi connectivity index (χ0) is 21.6.